The average molecular weight is 542 g/mol. The van der Waals surface area contributed by atoms with E-state index in [1.165, 1.54) is 0 Å². The third-order valence-corrected chi connectivity index (χ3v) is 7.60. The van der Waals surface area contributed by atoms with Crippen molar-refractivity contribution in [2.75, 3.05) is 11.9 Å². The number of para-hydroxylation sites is 1. The van der Waals surface area contributed by atoms with Crippen molar-refractivity contribution in [3.8, 4) is 11.5 Å². The van der Waals surface area contributed by atoms with E-state index in [2.05, 4.69) is 10.6 Å². The number of benzene rings is 3. The molecule has 2 aliphatic rings. The molecule has 0 unspecified atom stereocenters. The van der Waals surface area contributed by atoms with Crippen LogP contribution in [-0.4, -0.2) is 29.5 Å². The molecule has 192 valence electrons. The van der Waals surface area contributed by atoms with Gasteiger partial charge < -0.3 is 14.8 Å². The van der Waals surface area contributed by atoms with Gasteiger partial charge in [0, 0.05) is 37.8 Å². The van der Waals surface area contributed by atoms with E-state index in [1.807, 2.05) is 13.8 Å². The number of nitrogens with one attached hydrogen (secondary N) is 2. The second kappa shape index (κ2) is 9.85. The van der Waals surface area contributed by atoms with Gasteiger partial charge in [-0.3, -0.25) is 20.2 Å². The van der Waals surface area contributed by atoms with Crippen LogP contribution in [0.15, 0.2) is 60.7 Å². The maximum atomic E-state index is 13.2. The third-order valence-electron chi connectivity index (χ3n) is 7.01. The summed E-state index contributed by atoms with van der Waals surface area (Å²) < 4.78 is 11.9. The highest BCUT2D eigenvalue weighted by Gasteiger charge is 2.67. The minimum absolute atomic E-state index is 0.189. The van der Waals surface area contributed by atoms with Gasteiger partial charge in [-0.05, 0) is 49.7 Å². The van der Waals surface area contributed by atoms with E-state index in [1.54, 1.807) is 60.7 Å². The van der Waals surface area contributed by atoms with E-state index < -0.39 is 23.4 Å². The summed E-state index contributed by atoms with van der Waals surface area (Å²) in [4.78, 5) is 25.4. The highest BCUT2D eigenvalue weighted by Crippen LogP contribution is 2.50. The van der Waals surface area contributed by atoms with Gasteiger partial charge in [-0.25, -0.2) is 0 Å². The summed E-state index contributed by atoms with van der Waals surface area (Å²) in [6.45, 7) is 4.27. The molecule has 1 spiro atoms. The fourth-order valence-electron chi connectivity index (χ4n) is 5.47. The molecule has 3 aromatic carbocycles. The number of halogens is 2. The van der Waals surface area contributed by atoms with Crippen molar-refractivity contribution in [2.24, 2.45) is 0 Å². The number of amides is 1. The predicted octanol–water partition coefficient (Wildman–Crippen LogP) is 5.54. The monoisotopic (exact) mass is 541 g/mol. The Bertz CT molecular complexity index is 1380. The van der Waals surface area contributed by atoms with Gasteiger partial charge in [-0.2, -0.15) is 0 Å². The lowest BCUT2D eigenvalue weighted by molar-refractivity contribution is -0.532. The van der Waals surface area contributed by atoms with Crippen molar-refractivity contribution < 1.29 is 19.2 Å². The van der Waals surface area contributed by atoms with Gasteiger partial charge in [0.05, 0.1) is 12.5 Å². The van der Waals surface area contributed by atoms with Crippen LogP contribution >= 0.6 is 23.2 Å². The predicted molar refractivity (Wildman–Crippen MR) is 141 cm³/mol. The normalized spacial score (nSPS) is 24.1. The smallest absolute Gasteiger partial charge is 0.256 e. The van der Waals surface area contributed by atoms with E-state index in [4.69, 9.17) is 32.7 Å². The quantitative estimate of drug-likeness (QED) is 0.300. The molecule has 1 saturated heterocycles. The molecular weight excluding hydrogens is 517 g/mol. The van der Waals surface area contributed by atoms with Gasteiger partial charge in [0.15, 0.2) is 17.0 Å². The van der Waals surface area contributed by atoms with Gasteiger partial charge in [0.2, 0.25) is 0 Å². The number of carbonyl (C=O) groups excluding carboxylic acids is 1. The molecule has 8 nitrogen and oxygen atoms in total. The summed E-state index contributed by atoms with van der Waals surface area (Å²) in [5, 5.41) is 19.7. The number of ether oxygens (including phenoxy) is 2. The molecule has 4 atom stereocenters. The molecule has 3 aromatic rings. The van der Waals surface area contributed by atoms with Crippen molar-refractivity contribution in [1.29, 1.82) is 0 Å². The highest BCUT2D eigenvalue weighted by molar-refractivity contribution is 6.35. The van der Waals surface area contributed by atoms with E-state index in [9.17, 15) is 14.9 Å². The Morgan fingerprint density at radius 1 is 1.05 bits per heavy atom. The maximum absolute atomic E-state index is 13.2. The van der Waals surface area contributed by atoms with Gasteiger partial charge in [0.1, 0.15) is 6.61 Å². The second-order valence-electron chi connectivity index (χ2n) is 9.16. The van der Waals surface area contributed by atoms with Crippen LogP contribution in [0.3, 0.4) is 0 Å². The van der Waals surface area contributed by atoms with Crippen molar-refractivity contribution in [3.05, 3.63) is 97.5 Å². The molecule has 0 radical (unpaired) electrons. The minimum atomic E-state index is -1.48. The molecule has 0 saturated carbocycles. The van der Waals surface area contributed by atoms with Crippen LogP contribution in [0.25, 0.3) is 0 Å². The summed E-state index contributed by atoms with van der Waals surface area (Å²) in [6, 6.07) is 15.9. The molecule has 2 N–H and O–H groups in total. The van der Waals surface area contributed by atoms with Gasteiger partial charge in [0.25, 0.3) is 11.9 Å². The van der Waals surface area contributed by atoms with Crippen LogP contribution in [0, 0.1) is 10.1 Å². The fourth-order valence-corrected chi connectivity index (χ4v) is 5.93. The van der Waals surface area contributed by atoms with Crippen molar-refractivity contribution in [2.45, 2.75) is 44.0 Å². The van der Waals surface area contributed by atoms with Crippen LogP contribution in [0.1, 0.15) is 36.5 Å². The maximum Gasteiger partial charge on any atom is 0.256 e. The Morgan fingerprint density at radius 3 is 2.57 bits per heavy atom. The van der Waals surface area contributed by atoms with Gasteiger partial charge in [-0.15, -0.1) is 0 Å². The molecule has 37 heavy (non-hydrogen) atoms. The summed E-state index contributed by atoms with van der Waals surface area (Å²) >= 11 is 12.3. The molecule has 0 aliphatic carbocycles. The highest BCUT2D eigenvalue weighted by atomic mass is 35.5. The standard InChI is InChI=1S/C27H25Cl2N3O5/c1-3-36-23-12-16(9-11-22(23)37-14-17-8-10-18(28)13-20(17)29)24-15(2)31-27(25(24)32(34)35)19-6-4-5-7-21(19)30-26(27)33/h4-13,15,24-25,31H,3,14H2,1-2H3,(H,30,33)/t15-,24-,25-,27+/m0/s1. The van der Waals surface area contributed by atoms with Crippen LogP contribution in [0.2, 0.25) is 10.0 Å². The fraction of sp³-hybridized carbons (Fsp3) is 0.296. The number of hydrogen-bond acceptors (Lipinski definition) is 6. The molecule has 10 heteroatoms. The van der Waals surface area contributed by atoms with E-state index >= 15 is 0 Å². The Balaban J connectivity index is 1.50. The van der Waals surface area contributed by atoms with E-state index in [-0.39, 0.29) is 17.6 Å². The number of nitro groups is 1. The summed E-state index contributed by atoms with van der Waals surface area (Å²) in [7, 11) is 0. The van der Waals surface area contributed by atoms with Crippen LogP contribution in [0.5, 0.6) is 11.5 Å². The van der Waals surface area contributed by atoms with Crippen LogP contribution < -0.4 is 20.1 Å². The SMILES string of the molecule is CCOc1cc([C@@H]2[C@H](C)N[C@@]3(C(=O)Nc4ccccc43)[C@H]2[N+](=O)[O-])ccc1OCc1ccc(Cl)cc1Cl. The molecule has 1 fully saturated rings. The molecular formula is C27H25Cl2N3O5. The van der Waals surface area contributed by atoms with E-state index in [0.29, 0.717) is 45.0 Å². The summed E-state index contributed by atoms with van der Waals surface area (Å²) in [5.41, 5.74) is 1.12. The zero-order valence-electron chi connectivity index (χ0n) is 20.2. The second-order valence-corrected chi connectivity index (χ2v) is 10.0. The van der Waals surface area contributed by atoms with Crippen LogP contribution in [0.4, 0.5) is 5.69 Å². The van der Waals surface area contributed by atoms with Crippen LogP contribution in [-0.2, 0) is 16.9 Å². The Labute approximate surface area is 224 Å². The lowest BCUT2D eigenvalue weighted by Gasteiger charge is -2.25. The minimum Gasteiger partial charge on any atom is -0.490 e. The Hall–Kier alpha value is -3.33. The van der Waals surface area contributed by atoms with Crippen molar-refractivity contribution >= 4 is 34.8 Å². The Morgan fingerprint density at radius 2 is 1.84 bits per heavy atom. The molecule has 2 aliphatic heterocycles. The topological polar surface area (TPSA) is 103 Å². The summed E-state index contributed by atoms with van der Waals surface area (Å²) in [5.74, 6) is -0.0939. The van der Waals surface area contributed by atoms with E-state index in [0.717, 1.165) is 5.56 Å². The number of rotatable bonds is 7. The molecule has 2 heterocycles. The summed E-state index contributed by atoms with van der Waals surface area (Å²) in [6.07, 6.45) is 0. The molecule has 1 amide bonds. The van der Waals surface area contributed by atoms with Gasteiger partial charge in [-0.1, -0.05) is 53.5 Å². The number of hydrogen-bond donors (Lipinski definition) is 2. The zero-order valence-corrected chi connectivity index (χ0v) is 21.7. The third kappa shape index (κ3) is 4.29. The lowest BCUT2D eigenvalue weighted by atomic mass is 9.78. The zero-order chi connectivity index (χ0) is 26.3. The first-order valence-electron chi connectivity index (χ1n) is 11.9. The number of anilines is 1. The first-order chi connectivity index (χ1) is 17.8. The number of nitrogens with zero attached hydrogens (tertiary/aromatic N) is 1. The van der Waals surface area contributed by atoms with Gasteiger partial charge >= 0.3 is 0 Å². The first-order valence-corrected chi connectivity index (χ1v) is 12.7. The Kier molecular flexibility index (Phi) is 6.74. The lowest BCUT2D eigenvalue weighted by Crippen LogP contribution is -2.54. The molecule has 5 rings (SSSR count). The molecule has 0 aromatic heterocycles. The number of carbonyl (C=O) groups is 1. The average Bonchev–Trinajstić information content (AvgIpc) is 3.33. The van der Waals surface area contributed by atoms with Crippen molar-refractivity contribution in [3.63, 3.8) is 0 Å². The van der Waals surface area contributed by atoms with Crippen molar-refractivity contribution in [1.82, 2.24) is 5.32 Å². The number of fused-ring (bicyclic) bond motifs is 2. The molecule has 0 bridgehead atoms. The first kappa shape index (κ1) is 25.3. The largest absolute Gasteiger partial charge is 0.490 e.